The van der Waals surface area contributed by atoms with E-state index < -0.39 is 0 Å². The van der Waals surface area contributed by atoms with Crippen LogP contribution in [0.3, 0.4) is 0 Å². The third-order valence-electron chi connectivity index (χ3n) is 2.93. The highest BCUT2D eigenvalue weighted by Gasteiger charge is 2.12. The van der Waals surface area contributed by atoms with Gasteiger partial charge in [-0.3, -0.25) is 4.79 Å². The highest BCUT2D eigenvalue weighted by Crippen LogP contribution is 2.24. The van der Waals surface area contributed by atoms with Gasteiger partial charge < -0.3 is 10.6 Å². The molecule has 0 saturated carbocycles. The number of anilines is 2. The van der Waals surface area contributed by atoms with E-state index in [0.29, 0.717) is 10.6 Å². The molecule has 2 N–H and O–H groups in total. The van der Waals surface area contributed by atoms with E-state index in [0.717, 1.165) is 21.4 Å². The van der Waals surface area contributed by atoms with E-state index in [2.05, 4.69) is 26.6 Å². The lowest BCUT2D eigenvalue weighted by molar-refractivity contribution is 0.102. The van der Waals surface area contributed by atoms with E-state index >= 15 is 0 Å². The molecule has 0 spiro atoms. The second kappa shape index (κ2) is 6.29. The fourth-order valence-corrected chi connectivity index (χ4v) is 2.53. The summed E-state index contributed by atoms with van der Waals surface area (Å²) in [7, 11) is 1.77. The topological polar surface area (TPSA) is 41.1 Å². The zero-order valence-electron chi connectivity index (χ0n) is 11.1. The molecule has 104 valence electrons. The zero-order valence-corrected chi connectivity index (χ0v) is 13.5. The molecular formula is C15H14BrClN2O. The third-order valence-corrected chi connectivity index (χ3v) is 3.66. The maximum atomic E-state index is 12.4. The van der Waals surface area contributed by atoms with Gasteiger partial charge in [-0.2, -0.15) is 0 Å². The number of nitrogens with one attached hydrogen (secondary N) is 2. The number of rotatable bonds is 3. The Bertz CT molecular complexity index is 658. The summed E-state index contributed by atoms with van der Waals surface area (Å²) in [5.41, 5.74) is 3.02. The Morgan fingerprint density at radius 2 is 1.85 bits per heavy atom. The van der Waals surface area contributed by atoms with E-state index in [1.807, 2.05) is 25.1 Å². The van der Waals surface area contributed by atoms with E-state index in [4.69, 9.17) is 11.6 Å². The highest BCUT2D eigenvalue weighted by atomic mass is 79.9. The Labute approximate surface area is 131 Å². The molecule has 0 aromatic heterocycles. The second-order valence-electron chi connectivity index (χ2n) is 4.35. The van der Waals surface area contributed by atoms with Gasteiger partial charge in [-0.1, -0.05) is 27.5 Å². The number of hydrogen-bond donors (Lipinski definition) is 2. The minimum absolute atomic E-state index is 0.192. The van der Waals surface area contributed by atoms with Gasteiger partial charge in [-0.05, 0) is 48.9 Å². The van der Waals surface area contributed by atoms with E-state index in [1.165, 1.54) is 0 Å². The molecule has 0 saturated heterocycles. The van der Waals surface area contributed by atoms with Gasteiger partial charge in [-0.25, -0.2) is 0 Å². The van der Waals surface area contributed by atoms with Crippen molar-refractivity contribution in [1.82, 2.24) is 0 Å². The van der Waals surface area contributed by atoms with Crippen LogP contribution in [0.15, 0.2) is 40.9 Å². The fraction of sp³-hybridized carbons (Fsp3) is 0.133. The average molecular weight is 354 g/mol. The second-order valence-corrected chi connectivity index (χ2v) is 5.71. The van der Waals surface area contributed by atoms with Crippen molar-refractivity contribution in [3.63, 3.8) is 0 Å². The maximum Gasteiger partial charge on any atom is 0.257 e. The summed E-state index contributed by atoms with van der Waals surface area (Å²) in [6, 6.07) is 10.9. The largest absolute Gasteiger partial charge is 0.387 e. The Morgan fingerprint density at radius 1 is 1.15 bits per heavy atom. The lowest BCUT2D eigenvalue weighted by atomic mass is 10.1. The maximum absolute atomic E-state index is 12.4. The van der Waals surface area contributed by atoms with Gasteiger partial charge in [0.2, 0.25) is 0 Å². The predicted molar refractivity (Wildman–Crippen MR) is 87.8 cm³/mol. The van der Waals surface area contributed by atoms with Crippen LogP contribution in [-0.4, -0.2) is 13.0 Å². The standard InChI is InChI=1S/C15H14BrClN2O/c1-9-7-10(16)3-5-13(9)19-15(20)12-8-11(17)4-6-14(12)18-2/h3-8,18H,1-2H3,(H,19,20). The number of aryl methyl sites for hydroxylation is 1. The molecule has 0 aliphatic carbocycles. The van der Waals surface area contributed by atoms with Crippen molar-refractivity contribution in [3.05, 3.63) is 57.0 Å². The Kier molecular flexibility index (Phi) is 4.68. The third kappa shape index (κ3) is 3.32. The molecule has 0 aliphatic heterocycles. The molecule has 2 rings (SSSR count). The van der Waals surface area contributed by atoms with Crippen molar-refractivity contribution in [2.75, 3.05) is 17.7 Å². The Hall–Kier alpha value is -1.52. The Balaban J connectivity index is 2.30. The van der Waals surface area contributed by atoms with Crippen molar-refractivity contribution < 1.29 is 4.79 Å². The number of carbonyl (C=O) groups is 1. The molecule has 0 unspecified atom stereocenters. The molecule has 20 heavy (non-hydrogen) atoms. The van der Waals surface area contributed by atoms with Crippen molar-refractivity contribution in [3.8, 4) is 0 Å². The van der Waals surface area contributed by atoms with Crippen molar-refractivity contribution in [1.29, 1.82) is 0 Å². The molecule has 0 heterocycles. The van der Waals surface area contributed by atoms with E-state index in [-0.39, 0.29) is 5.91 Å². The van der Waals surface area contributed by atoms with Gasteiger partial charge in [0.1, 0.15) is 0 Å². The van der Waals surface area contributed by atoms with E-state index in [9.17, 15) is 4.79 Å². The van der Waals surface area contributed by atoms with Gasteiger partial charge in [0.15, 0.2) is 0 Å². The van der Waals surface area contributed by atoms with Crippen LogP contribution in [0.2, 0.25) is 5.02 Å². The molecule has 2 aromatic rings. The zero-order chi connectivity index (χ0) is 14.7. The lowest BCUT2D eigenvalue weighted by Crippen LogP contribution is -2.14. The van der Waals surface area contributed by atoms with Crippen LogP contribution in [-0.2, 0) is 0 Å². The van der Waals surface area contributed by atoms with Crippen LogP contribution in [0.4, 0.5) is 11.4 Å². The molecule has 0 radical (unpaired) electrons. The molecule has 0 bridgehead atoms. The van der Waals surface area contributed by atoms with Crippen LogP contribution in [0.5, 0.6) is 0 Å². The quantitative estimate of drug-likeness (QED) is 0.839. The minimum Gasteiger partial charge on any atom is -0.387 e. The summed E-state index contributed by atoms with van der Waals surface area (Å²) in [4.78, 5) is 12.4. The minimum atomic E-state index is -0.192. The normalized spacial score (nSPS) is 10.2. The predicted octanol–water partition coefficient (Wildman–Crippen LogP) is 4.70. The number of hydrogen-bond acceptors (Lipinski definition) is 2. The van der Waals surface area contributed by atoms with Crippen molar-refractivity contribution in [2.24, 2.45) is 0 Å². The SMILES string of the molecule is CNc1ccc(Cl)cc1C(=O)Nc1ccc(Br)cc1C. The van der Waals surface area contributed by atoms with Crippen LogP contribution in [0, 0.1) is 6.92 Å². The molecular weight excluding hydrogens is 340 g/mol. The molecule has 0 atom stereocenters. The first kappa shape index (κ1) is 14.9. The van der Waals surface area contributed by atoms with Crippen LogP contribution < -0.4 is 10.6 Å². The molecule has 3 nitrogen and oxygen atoms in total. The highest BCUT2D eigenvalue weighted by molar-refractivity contribution is 9.10. The molecule has 5 heteroatoms. The smallest absolute Gasteiger partial charge is 0.257 e. The van der Waals surface area contributed by atoms with Crippen LogP contribution in [0.1, 0.15) is 15.9 Å². The molecule has 0 fully saturated rings. The monoisotopic (exact) mass is 352 g/mol. The summed E-state index contributed by atoms with van der Waals surface area (Å²) >= 11 is 9.36. The van der Waals surface area contributed by atoms with Gasteiger partial charge in [0, 0.05) is 27.9 Å². The summed E-state index contributed by atoms with van der Waals surface area (Å²) in [5, 5.41) is 6.41. The van der Waals surface area contributed by atoms with E-state index in [1.54, 1.807) is 25.2 Å². The molecule has 2 aromatic carbocycles. The van der Waals surface area contributed by atoms with Gasteiger partial charge in [0.25, 0.3) is 5.91 Å². The van der Waals surface area contributed by atoms with Crippen molar-refractivity contribution in [2.45, 2.75) is 6.92 Å². The molecule has 1 amide bonds. The summed E-state index contributed by atoms with van der Waals surface area (Å²) < 4.78 is 0.978. The Morgan fingerprint density at radius 3 is 2.50 bits per heavy atom. The van der Waals surface area contributed by atoms with Gasteiger partial charge in [-0.15, -0.1) is 0 Å². The summed E-state index contributed by atoms with van der Waals surface area (Å²) in [6.07, 6.45) is 0. The first-order valence-electron chi connectivity index (χ1n) is 6.06. The lowest BCUT2D eigenvalue weighted by Gasteiger charge is -2.12. The van der Waals surface area contributed by atoms with Gasteiger partial charge in [0.05, 0.1) is 5.56 Å². The van der Waals surface area contributed by atoms with Crippen LogP contribution in [0.25, 0.3) is 0 Å². The average Bonchev–Trinajstić information content (AvgIpc) is 2.41. The fourth-order valence-electron chi connectivity index (χ4n) is 1.88. The van der Waals surface area contributed by atoms with Crippen LogP contribution >= 0.6 is 27.5 Å². The summed E-state index contributed by atoms with van der Waals surface area (Å²) in [6.45, 7) is 1.94. The number of benzene rings is 2. The molecule has 0 aliphatic rings. The number of carbonyl (C=O) groups excluding carboxylic acids is 1. The number of halogens is 2. The first-order chi connectivity index (χ1) is 9.51. The van der Waals surface area contributed by atoms with Gasteiger partial charge >= 0.3 is 0 Å². The van der Waals surface area contributed by atoms with Crippen molar-refractivity contribution >= 4 is 44.8 Å². The number of amides is 1. The first-order valence-corrected chi connectivity index (χ1v) is 7.23. The summed E-state index contributed by atoms with van der Waals surface area (Å²) in [5.74, 6) is -0.192.